The lowest BCUT2D eigenvalue weighted by atomic mass is 10.0. The van der Waals surface area contributed by atoms with E-state index in [-0.39, 0.29) is 75.3 Å². The molecule has 8 heterocycles. The fourth-order valence-electron chi connectivity index (χ4n) is 9.22. The van der Waals surface area contributed by atoms with Crippen molar-refractivity contribution in [3.8, 4) is 0 Å². The molecule has 4 aromatic heterocycles. The van der Waals surface area contributed by atoms with E-state index in [1.807, 2.05) is 123 Å². The van der Waals surface area contributed by atoms with Crippen LogP contribution in [0, 0.1) is 0 Å². The Hall–Kier alpha value is -6.24. The van der Waals surface area contributed by atoms with Gasteiger partial charge in [0.2, 0.25) is 0 Å². The number of carbonyl (C=O) groups excluding carboxylic acids is 6. The number of carbonyl (C=O) groups is 8. The van der Waals surface area contributed by atoms with Crippen LogP contribution in [0.4, 0.5) is 19.2 Å². The number of hydrogen-bond acceptors (Lipinski definition) is 18. The second kappa shape index (κ2) is 30.1. The highest BCUT2D eigenvalue weighted by atomic mass is 32.1. The summed E-state index contributed by atoms with van der Waals surface area (Å²) < 4.78 is 31.8. The molecule has 480 valence electrons. The molecule has 4 amide bonds. The van der Waals surface area contributed by atoms with Gasteiger partial charge in [0, 0.05) is 57.5 Å². The van der Waals surface area contributed by atoms with Crippen LogP contribution in [-0.4, -0.2) is 139 Å². The van der Waals surface area contributed by atoms with Crippen molar-refractivity contribution in [1.29, 1.82) is 0 Å². The van der Waals surface area contributed by atoms with Gasteiger partial charge in [-0.2, -0.15) is 0 Å². The zero-order chi connectivity index (χ0) is 63.1. The van der Waals surface area contributed by atoms with Crippen LogP contribution in [0.15, 0.2) is 24.3 Å². The lowest BCUT2D eigenvalue weighted by molar-refractivity contribution is 0.0129. The second-order valence-electron chi connectivity index (χ2n) is 24.7. The summed E-state index contributed by atoms with van der Waals surface area (Å²) in [5, 5.41) is 18.1. The molecule has 0 saturated carbocycles. The minimum absolute atomic E-state index is 0. The standard InChI is InChI=1S/2C16H23NO4S.2C14H19NO4S.2CH4/c1-6-20-14(18)13-8-11-9-17(10(2)7-12(11)22-13)15(19)21-16(3,4)5;1-6-20-14(18)13-9-11-10(2)17(8-7-12(11)22-13)15(19)21-16(3,4)5;1-8-5-10-9(6-11(20-10)12(16)17)7-15(8)13(18)19-14(2,3)4;1-8-9-7-11(12(16)17)20-10(9)5-6-15(8)13(18)19-14(2,3)4;;/h8,10H,6-7,9H2,1-5H3;9-10H,6-8H2,1-5H3;6,8H,5,7H2,1-4H3,(H,16,17);7-8H,5-6H2,1-4H3,(H,16,17);2*1H4. The van der Waals surface area contributed by atoms with E-state index in [2.05, 4.69) is 0 Å². The van der Waals surface area contributed by atoms with Gasteiger partial charge in [-0.05, 0) is 184 Å². The van der Waals surface area contributed by atoms with E-state index < -0.39 is 34.3 Å². The molecule has 24 heteroatoms. The van der Waals surface area contributed by atoms with Crippen molar-refractivity contribution in [3.63, 3.8) is 0 Å². The maximum absolute atomic E-state index is 12.3. The molecule has 0 spiro atoms. The van der Waals surface area contributed by atoms with Crippen molar-refractivity contribution in [3.05, 3.63) is 85.5 Å². The van der Waals surface area contributed by atoms with Gasteiger partial charge < -0.3 is 58.2 Å². The maximum Gasteiger partial charge on any atom is 0.410 e. The van der Waals surface area contributed by atoms with Crippen LogP contribution < -0.4 is 0 Å². The third-order valence-corrected chi connectivity index (χ3v) is 17.8. The number of thiophene rings is 4. The van der Waals surface area contributed by atoms with Crippen LogP contribution in [0.1, 0.15) is 232 Å². The van der Waals surface area contributed by atoms with Gasteiger partial charge in [0.05, 0.1) is 38.4 Å². The van der Waals surface area contributed by atoms with Gasteiger partial charge in [0.15, 0.2) is 0 Å². The highest BCUT2D eigenvalue weighted by Gasteiger charge is 2.37. The largest absolute Gasteiger partial charge is 0.477 e. The van der Waals surface area contributed by atoms with Crippen LogP contribution in [0.25, 0.3) is 0 Å². The Kier molecular flexibility index (Phi) is 25.9. The average molecular weight is 1280 g/mol. The second-order valence-corrected chi connectivity index (χ2v) is 29.2. The topological polar surface area (TPSA) is 245 Å². The number of amides is 4. The summed E-state index contributed by atoms with van der Waals surface area (Å²) in [6.45, 7) is 36.3. The number of esters is 2. The summed E-state index contributed by atoms with van der Waals surface area (Å²) in [6.07, 6.45) is 1.51. The average Bonchev–Trinajstić information content (AvgIpc) is 2.82. The van der Waals surface area contributed by atoms with E-state index in [0.29, 0.717) is 71.7 Å². The van der Waals surface area contributed by atoms with Gasteiger partial charge in [-0.3, -0.25) is 0 Å². The van der Waals surface area contributed by atoms with E-state index in [1.165, 1.54) is 45.3 Å². The predicted molar refractivity (Wildman–Crippen MR) is 337 cm³/mol. The van der Waals surface area contributed by atoms with Crippen LogP contribution in [0.3, 0.4) is 0 Å². The number of rotatable bonds is 6. The van der Waals surface area contributed by atoms with Crippen molar-refractivity contribution in [2.24, 2.45) is 0 Å². The van der Waals surface area contributed by atoms with Crippen molar-refractivity contribution < 1.29 is 77.0 Å². The molecule has 0 saturated heterocycles. The maximum atomic E-state index is 12.3. The summed E-state index contributed by atoms with van der Waals surface area (Å²) in [7, 11) is 0. The first-order valence-electron chi connectivity index (χ1n) is 28.1. The first-order chi connectivity index (χ1) is 38.8. The quantitative estimate of drug-likeness (QED) is 0.135. The minimum atomic E-state index is -0.916. The molecule has 4 aromatic rings. The number of hydrogen-bond donors (Lipinski definition) is 2. The number of nitrogens with zero attached hydrogens (tertiary/aromatic N) is 4. The summed E-state index contributed by atoms with van der Waals surface area (Å²) in [4.78, 5) is 108. The Morgan fingerprint density at radius 1 is 0.453 bits per heavy atom. The predicted octanol–water partition coefficient (Wildman–Crippen LogP) is 15.1. The minimum Gasteiger partial charge on any atom is -0.477 e. The SMILES string of the molecule is C.C.CC1Cc2sc(C(=O)O)cc2CN1C(=O)OC(C)(C)C.CC1c2cc(C(=O)O)sc2CCN1C(=O)OC(C)(C)C.CCOC(=O)c1cc2c(s1)CC(C)N(C(=O)OC(C)(C)C)C2.CCOC(=O)c1cc2c(s1)CCN(C(=O)OC(C)(C)C)C2C. The van der Waals surface area contributed by atoms with Gasteiger partial charge in [-0.15, -0.1) is 45.3 Å². The van der Waals surface area contributed by atoms with Gasteiger partial charge in [0.25, 0.3) is 0 Å². The zero-order valence-electron chi connectivity index (χ0n) is 51.7. The van der Waals surface area contributed by atoms with Crippen molar-refractivity contribution >= 4 is 93.6 Å². The van der Waals surface area contributed by atoms with E-state index in [0.717, 1.165) is 54.6 Å². The monoisotopic (exact) mass is 1280 g/mol. The summed E-state index contributed by atoms with van der Waals surface area (Å²) in [5.41, 5.74) is 1.78. The number of aromatic carboxylic acids is 2. The Bertz CT molecular complexity index is 2980. The van der Waals surface area contributed by atoms with Gasteiger partial charge in [-0.1, -0.05) is 14.9 Å². The van der Waals surface area contributed by atoms with Crippen molar-refractivity contribution in [1.82, 2.24) is 19.6 Å². The summed E-state index contributed by atoms with van der Waals surface area (Å²) in [6, 6.07) is 6.82. The third kappa shape index (κ3) is 20.4. The molecule has 0 bridgehead atoms. The van der Waals surface area contributed by atoms with Crippen LogP contribution in [0.2, 0.25) is 0 Å². The lowest BCUT2D eigenvalue weighted by Crippen LogP contribution is -2.44. The van der Waals surface area contributed by atoms with Gasteiger partial charge >= 0.3 is 48.3 Å². The van der Waals surface area contributed by atoms with Crippen molar-refractivity contribution in [2.45, 2.75) is 225 Å². The van der Waals surface area contributed by atoms with Gasteiger partial charge in [-0.25, -0.2) is 38.4 Å². The van der Waals surface area contributed by atoms with E-state index >= 15 is 0 Å². The molecule has 8 rings (SSSR count). The molecule has 4 aliphatic rings. The smallest absolute Gasteiger partial charge is 0.410 e. The van der Waals surface area contributed by atoms with E-state index in [9.17, 15) is 38.4 Å². The zero-order valence-corrected chi connectivity index (χ0v) is 55.0. The van der Waals surface area contributed by atoms with E-state index in [4.69, 9.17) is 38.6 Å². The van der Waals surface area contributed by atoms with Gasteiger partial charge in [0.1, 0.15) is 41.9 Å². The molecule has 86 heavy (non-hydrogen) atoms. The summed E-state index contributed by atoms with van der Waals surface area (Å²) >= 11 is 5.51. The molecule has 0 aromatic carbocycles. The number of fused-ring (bicyclic) bond motifs is 4. The first kappa shape index (κ1) is 74.0. The molecule has 2 N–H and O–H groups in total. The molecule has 0 aliphatic carbocycles. The fourth-order valence-corrected chi connectivity index (χ4v) is 13.8. The molecule has 20 nitrogen and oxygen atoms in total. The lowest BCUT2D eigenvalue weighted by Gasteiger charge is -2.34. The molecular weight excluding hydrogens is 1180 g/mol. The fraction of sp³-hybridized carbons (Fsp3) is 0.613. The number of ether oxygens (including phenoxy) is 6. The van der Waals surface area contributed by atoms with Crippen molar-refractivity contribution in [2.75, 3.05) is 26.3 Å². The van der Waals surface area contributed by atoms with Crippen LogP contribution in [0.5, 0.6) is 0 Å². The van der Waals surface area contributed by atoms with Crippen LogP contribution in [-0.2, 0) is 67.2 Å². The van der Waals surface area contributed by atoms with E-state index in [1.54, 1.807) is 45.6 Å². The Morgan fingerprint density at radius 3 is 1.07 bits per heavy atom. The number of carboxylic acids is 2. The molecule has 0 fully saturated rings. The highest BCUT2D eigenvalue weighted by molar-refractivity contribution is 7.15. The molecule has 0 radical (unpaired) electrons. The molecule has 4 unspecified atom stereocenters. The molecule has 4 aliphatic heterocycles. The molecule has 4 atom stereocenters. The normalized spacial score (nSPS) is 17.8. The Morgan fingerprint density at radius 2 is 0.733 bits per heavy atom. The Labute approximate surface area is 524 Å². The summed E-state index contributed by atoms with van der Waals surface area (Å²) in [5.74, 6) is -2.42. The Balaban J connectivity index is 0.000000298. The number of carboxylic acid groups (broad SMARTS) is 2. The highest BCUT2D eigenvalue weighted by Crippen LogP contribution is 2.39. The molecular formula is C62H92N4O16S4. The first-order valence-corrected chi connectivity index (χ1v) is 31.3. The third-order valence-electron chi connectivity index (χ3n) is 13.1. The van der Waals surface area contributed by atoms with Crippen LogP contribution >= 0.6 is 45.3 Å².